The van der Waals surface area contributed by atoms with Crippen molar-refractivity contribution in [2.75, 3.05) is 6.61 Å². The first-order valence-corrected chi connectivity index (χ1v) is 6.76. The molecule has 0 aliphatic rings. The van der Waals surface area contributed by atoms with Crippen LogP contribution in [0, 0.1) is 0 Å². The largest absolute Gasteiger partial charge is 0.527 e. The molecule has 0 radical (unpaired) electrons. The number of phosphoric acid groups is 1. The third-order valence-electron chi connectivity index (χ3n) is 2.26. The summed E-state index contributed by atoms with van der Waals surface area (Å²) >= 11 is 0. The van der Waals surface area contributed by atoms with Crippen molar-refractivity contribution < 1.29 is 18.5 Å². The summed E-state index contributed by atoms with van der Waals surface area (Å²) in [5.41, 5.74) is 0. The Labute approximate surface area is 99.4 Å². The average Bonchev–Trinajstić information content (AvgIpc) is 2.29. The number of fused-ring (bicyclic) bond motifs is 1. The topological polar surface area (TPSA) is 55.8 Å². The maximum Gasteiger partial charge on any atom is 0.527 e. The van der Waals surface area contributed by atoms with Crippen molar-refractivity contribution in [1.29, 1.82) is 0 Å². The maximum atomic E-state index is 11.5. The molecule has 2 aromatic carbocycles. The highest BCUT2D eigenvalue weighted by Gasteiger charge is 2.22. The standard InChI is InChI=1S/C12H13O4P/c1-2-15-17(13,14)16-12-9-5-7-10-6-3-4-8-11(10)12/h3-9H,2H2,1H3,(H,13,14). The van der Waals surface area contributed by atoms with E-state index >= 15 is 0 Å². The van der Waals surface area contributed by atoms with Crippen LogP contribution in [-0.2, 0) is 9.09 Å². The zero-order chi connectivity index (χ0) is 12.3. The minimum Gasteiger partial charge on any atom is -0.403 e. The van der Waals surface area contributed by atoms with Gasteiger partial charge in [-0.25, -0.2) is 4.57 Å². The summed E-state index contributed by atoms with van der Waals surface area (Å²) < 4.78 is 21.3. The fraction of sp³-hybridized carbons (Fsp3) is 0.167. The van der Waals surface area contributed by atoms with Crippen LogP contribution in [0.2, 0.25) is 0 Å². The molecule has 17 heavy (non-hydrogen) atoms. The molecule has 0 aromatic heterocycles. The predicted octanol–water partition coefficient (Wildman–Crippen LogP) is 3.36. The molecular weight excluding hydrogens is 239 g/mol. The lowest BCUT2D eigenvalue weighted by atomic mass is 10.1. The molecule has 0 aliphatic heterocycles. The van der Waals surface area contributed by atoms with Crippen molar-refractivity contribution >= 4 is 18.6 Å². The number of hydrogen-bond donors (Lipinski definition) is 1. The maximum absolute atomic E-state index is 11.5. The molecule has 4 nitrogen and oxygen atoms in total. The van der Waals surface area contributed by atoms with Gasteiger partial charge in [0.05, 0.1) is 6.61 Å². The van der Waals surface area contributed by atoms with Gasteiger partial charge >= 0.3 is 7.82 Å². The van der Waals surface area contributed by atoms with Gasteiger partial charge < -0.3 is 4.52 Å². The van der Waals surface area contributed by atoms with E-state index < -0.39 is 7.82 Å². The Hall–Kier alpha value is -1.35. The summed E-state index contributed by atoms with van der Waals surface area (Å²) in [7, 11) is -4.02. The summed E-state index contributed by atoms with van der Waals surface area (Å²) in [5.74, 6) is 0.349. The van der Waals surface area contributed by atoms with Crippen molar-refractivity contribution in [2.24, 2.45) is 0 Å². The zero-order valence-corrected chi connectivity index (χ0v) is 10.3. The number of phosphoric ester groups is 1. The Kier molecular flexibility index (Phi) is 3.48. The minimum atomic E-state index is -4.02. The van der Waals surface area contributed by atoms with Gasteiger partial charge in [0, 0.05) is 5.39 Å². The van der Waals surface area contributed by atoms with Gasteiger partial charge in [-0.3, -0.25) is 9.42 Å². The van der Waals surface area contributed by atoms with Crippen LogP contribution in [0.4, 0.5) is 0 Å². The highest BCUT2D eigenvalue weighted by Crippen LogP contribution is 2.45. The first-order valence-electron chi connectivity index (χ1n) is 5.27. The van der Waals surface area contributed by atoms with Gasteiger partial charge in [0.25, 0.3) is 0 Å². The summed E-state index contributed by atoms with van der Waals surface area (Å²) in [6.07, 6.45) is 0. The predicted molar refractivity (Wildman–Crippen MR) is 66.0 cm³/mol. The van der Waals surface area contributed by atoms with Gasteiger partial charge in [0.1, 0.15) is 5.75 Å². The second-order valence-electron chi connectivity index (χ2n) is 3.45. The average molecular weight is 252 g/mol. The summed E-state index contributed by atoms with van der Waals surface area (Å²) in [6.45, 7) is 1.76. The Morgan fingerprint density at radius 2 is 1.88 bits per heavy atom. The second-order valence-corrected chi connectivity index (χ2v) is 4.83. The number of rotatable bonds is 4. The molecule has 0 amide bonds. The Morgan fingerprint density at radius 3 is 2.65 bits per heavy atom. The van der Waals surface area contributed by atoms with Crippen LogP contribution in [0.3, 0.4) is 0 Å². The second kappa shape index (κ2) is 4.88. The molecule has 90 valence electrons. The summed E-state index contributed by atoms with van der Waals surface area (Å²) in [5, 5.41) is 1.73. The van der Waals surface area contributed by atoms with Crippen molar-refractivity contribution in [3.05, 3.63) is 42.5 Å². The lowest BCUT2D eigenvalue weighted by Gasteiger charge is -2.13. The molecule has 5 heteroatoms. The molecular formula is C12H13O4P. The molecule has 0 aliphatic carbocycles. The lowest BCUT2D eigenvalue weighted by Crippen LogP contribution is -1.97. The van der Waals surface area contributed by atoms with Crippen molar-refractivity contribution in [3.8, 4) is 5.75 Å². The van der Waals surface area contributed by atoms with Gasteiger partial charge in [-0.05, 0) is 18.4 Å². The van der Waals surface area contributed by atoms with E-state index in [1.807, 2.05) is 30.3 Å². The SMILES string of the molecule is CCOP(=O)(O)Oc1cccc2ccccc12. The van der Waals surface area contributed by atoms with Gasteiger partial charge in [-0.15, -0.1) is 0 Å². The third-order valence-corrected chi connectivity index (χ3v) is 3.27. The first-order chi connectivity index (χ1) is 8.12. The Bertz CT molecular complexity index is 562. The Balaban J connectivity index is 2.39. The van der Waals surface area contributed by atoms with Crippen LogP contribution in [-0.4, -0.2) is 11.5 Å². The number of hydrogen-bond acceptors (Lipinski definition) is 3. The molecule has 0 spiro atoms. The fourth-order valence-electron chi connectivity index (χ4n) is 1.59. The van der Waals surface area contributed by atoms with E-state index in [1.54, 1.807) is 19.1 Å². The van der Waals surface area contributed by atoms with E-state index in [1.165, 1.54) is 0 Å². The fourth-order valence-corrected chi connectivity index (χ4v) is 2.38. The molecule has 0 heterocycles. The van der Waals surface area contributed by atoms with Crippen LogP contribution in [0.1, 0.15) is 6.92 Å². The highest BCUT2D eigenvalue weighted by molar-refractivity contribution is 7.47. The zero-order valence-electron chi connectivity index (χ0n) is 9.37. The van der Waals surface area contributed by atoms with Crippen LogP contribution >= 0.6 is 7.82 Å². The number of benzene rings is 2. The van der Waals surface area contributed by atoms with E-state index in [0.717, 1.165) is 10.8 Å². The minimum absolute atomic E-state index is 0.124. The van der Waals surface area contributed by atoms with Crippen LogP contribution in [0.5, 0.6) is 5.75 Å². The van der Waals surface area contributed by atoms with E-state index in [2.05, 4.69) is 4.52 Å². The van der Waals surface area contributed by atoms with E-state index in [-0.39, 0.29) is 6.61 Å². The third kappa shape index (κ3) is 2.86. The normalized spacial score (nSPS) is 14.5. The Morgan fingerprint density at radius 1 is 1.18 bits per heavy atom. The molecule has 1 atom stereocenters. The van der Waals surface area contributed by atoms with Gasteiger partial charge in [0.2, 0.25) is 0 Å². The van der Waals surface area contributed by atoms with E-state index in [9.17, 15) is 9.46 Å². The van der Waals surface area contributed by atoms with Crippen LogP contribution in [0.25, 0.3) is 10.8 Å². The quantitative estimate of drug-likeness (QED) is 0.848. The van der Waals surface area contributed by atoms with Crippen LogP contribution < -0.4 is 4.52 Å². The molecule has 0 saturated carbocycles. The molecule has 1 unspecified atom stereocenters. The van der Waals surface area contributed by atoms with Crippen molar-refractivity contribution in [2.45, 2.75) is 6.92 Å². The highest BCUT2D eigenvalue weighted by atomic mass is 31.2. The van der Waals surface area contributed by atoms with Crippen LogP contribution in [0.15, 0.2) is 42.5 Å². The molecule has 0 fully saturated rings. The van der Waals surface area contributed by atoms with Crippen molar-refractivity contribution in [1.82, 2.24) is 0 Å². The van der Waals surface area contributed by atoms with Gasteiger partial charge in [-0.1, -0.05) is 36.4 Å². The van der Waals surface area contributed by atoms with Gasteiger partial charge in [0.15, 0.2) is 0 Å². The molecule has 2 aromatic rings. The monoisotopic (exact) mass is 252 g/mol. The van der Waals surface area contributed by atoms with E-state index in [0.29, 0.717) is 5.75 Å². The van der Waals surface area contributed by atoms with Gasteiger partial charge in [-0.2, -0.15) is 0 Å². The first kappa shape index (κ1) is 12.1. The summed E-state index contributed by atoms with van der Waals surface area (Å²) in [4.78, 5) is 9.44. The van der Waals surface area contributed by atoms with Crippen molar-refractivity contribution in [3.63, 3.8) is 0 Å². The molecule has 0 saturated heterocycles. The summed E-state index contributed by atoms with van der Waals surface area (Å²) in [6, 6.07) is 12.8. The molecule has 1 N–H and O–H groups in total. The molecule has 2 rings (SSSR count). The lowest BCUT2D eigenvalue weighted by molar-refractivity contribution is 0.214. The smallest absolute Gasteiger partial charge is 0.403 e. The molecule has 0 bridgehead atoms. The van der Waals surface area contributed by atoms with E-state index in [4.69, 9.17) is 4.52 Å².